The van der Waals surface area contributed by atoms with Gasteiger partial charge < -0.3 is 15.8 Å². The highest BCUT2D eigenvalue weighted by Gasteiger charge is 2.24. The number of nitrogens with zero attached hydrogens (tertiary/aromatic N) is 4. The van der Waals surface area contributed by atoms with E-state index < -0.39 is 4.92 Å². The lowest BCUT2D eigenvalue weighted by Crippen LogP contribution is -2.33. The molecule has 0 fully saturated rings. The molecule has 0 spiro atoms. The van der Waals surface area contributed by atoms with Crippen LogP contribution < -0.4 is 10.6 Å². The zero-order valence-electron chi connectivity index (χ0n) is 11.8. The Hall–Kier alpha value is -2.38. The second-order valence-corrected chi connectivity index (χ2v) is 4.35. The molecule has 1 aromatic heterocycles. The Bertz CT molecular complexity index is 518. The first-order chi connectivity index (χ1) is 9.46. The van der Waals surface area contributed by atoms with Crippen LogP contribution in [-0.2, 0) is 0 Å². The van der Waals surface area contributed by atoms with Crippen molar-refractivity contribution in [3.8, 4) is 0 Å². The summed E-state index contributed by atoms with van der Waals surface area (Å²) >= 11 is 0. The van der Waals surface area contributed by atoms with E-state index in [9.17, 15) is 10.1 Å². The monoisotopic (exact) mass is 281 g/mol. The van der Waals surface area contributed by atoms with Crippen molar-refractivity contribution in [3.05, 3.63) is 27.9 Å². The lowest BCUT2D eigenvalue weighted by molar-refractivity contribution is -0.384. The largest absolute Gasteiger partial charge is 0.409 e. The fourth-order valence-corrected chi connectivity index (χ4v) is 1.89. The number of pyridine rings is 1. The molecule has 8 heteroatoms. The molecule has 1 rings (SSSR count). The summed E-state index contributed by atoms with van der Waals surface area (Å²) in [5.41, 5.74) is 5.49. The molecule has 0 aliphatic rings. The van der Waals surface area contributed by atoms with E-state index in [2.05, 4.69) is 10.1 Å². The highest BCUT2D eigenvalue weighted by Crippen LogP contribution is 2.28. The predicted octanol–water partition coefficient (Wildman–Crippen LogP) is 1.71. The Morgan fingerprint density at radius 2 is 2.30 bits per heavy atom. The Labute approximate surface area is 117 Å². The van der Waals surface area contributed by atoms with Crippen molar-refractivity contribution in [1.29, 1.82) is 0 Å². The third kappa shape index (κ3) is 3.14. The van der Waals surface area contributed by atoms with Gasteiger partial charge in [0.1, 0.15) is 0 Å². The van der Waals surface area contributed by atoms with Crippen LogP contribution in [0.25, 0.3) is 0 Å². The maximum Gasteiger partial charge on any atom is 0.312 e. The molecule has 0 bridgehead atoms. The average Bonchev–Trinajstić information content (AvgIpc) is 2.46. The third-order valence-corrected chi connectivity index (χ3v) is 3.18. The third-order valence-electron chi connectivity index (χ3n) is 3.18. The first-order valence-electron chi connectivity index (χ1n) is 6.35. The molecule has 0 aliphatic carbocycles. The molecule has 1 heterocycles. The predicted molar refractivity (Wildman–Crippen MR) is 76.2 cm³/mol. The zero-order valence-corrected chi connectivity index (χ0v) is 11.8. The van der Waals surface area contributed by atoms with Gasteiger partial charge in [-0.2, -0.15) is 0 Å². The molecule has 8 nitrogen and oxygen atoms in total. The van der Waals surface area contributed by atoms with Crippen LogP contribution in [0.5, 0.6) is 0 Å². The molecule has 0 aliphatic heterocycles. The minimum atomic E-state index is -0.512. The van der Waals surface area contributed by atoms with E-state index in [1.807, 2.05) is 25.7 Å². The van der Waals surface area contributed by atoms with Gasteiger partial charge in [-0.15, -0.1) is 0 Å². The summed E-state index contributed by atoms with van der Waals surface area (Å²) in [6, 6.07) is 1.39. The van der Waals surface area contributed by atoms with Crippen molar-refractivity contribution < 1.29 is 10.1 Å². The maximum absolute atomic E-state index is 11.2. The fourth-order valence-electron chi connectivity index (χ4n) is 1.89. The minimum absolute atomic E-state index is 0.126. The summed E-state index contributed by atoms with van der Waals surface area (Å²) < 4.78 is 0. The fraction of sp³-hybridized carbons (Fsp3) is 0.500. The quantitative estimate of drug-likeness (QED) is 0.269. The van der Waals surface area contributed by atoms with Gasteiger partial charge in [0.05, 0.1) is 4.92 Å². The van der Waals surface area contributed by atoms with Gasteiger partial charge in [-0.05, 0) is 20.3 Å². The first-order valence-corrected chi connectivity index (χ1v) is 6.35. The molecule has 1 atom stereocenters. The number of oxime groups is 1. The van der Waals surface area contributed by atoms with E-state index in [0.29, 0.717) is 12.4 Å². The maximum atomic E-state index is 11.2. The molecule has 20 heavy (non-hydrogen) atoms. The number of amidine groups is 1. The van der Waals surface area contributed by atoms with Gasteiger partial charge in [-0.1, -0.05) is 12.1 Å². The summed E-state index contributed by atoms with van der Waals surface area (Å²) in [5.74, 6) is 0.0834. The van der Waals surface area contributed by atoms with Gasteiger partial charge in [0, 0.05) is 30.4 Å². The van der Waals surface area contributed by atoms with Crippen LogP contribution in [0.3, 0.4) is 0 Å². The zero-order chi connectivity index (χ0) is 15.3. The van der Waals surface area contributed by atoms with Gasteiger partial charge in [-0.3, -0.25) is 10.1 Å². The van der Waals surface area contributed by atoms with Gasteiger partial charge in [0.25, 0.3) is 0 Å². The smallest absolute Gasteiger partial charge is 0.312 e. The molecule has 1 aromatic rings. The van der Waals surface area contributed by atoms with Crippen LogP contribution in [0.1, 0.15) is 32.8 Å². The molecule has 0 saturated carbocycles. The van der Waals surface area contributed by atoms with Crippen LogP contribution in [-0.4, -0.2) is 33.5 Å². The second-order valence-electron chi connectivity index (χ2n) is 4.35. The lowest BCUT2D eigenvalue weighted by Gasteiger charge is -2.27. The molecule has 0 aromatic carbocycles. The Morgan fingerprint density at radius 3 is 2.75 bits per heavy atom. The Kier molecular flexibility index (Phi) is 5.24. The number of anilines is 1. The van der Waals surface area contributed by atoms with Crippen LogP contribution in [0.4, 0.5) is 11.5 Å². The lowest BCUT2D eigenvalue weighted by atomic mass is 10.2. The van der Waals surface area contributed by atoms with E-state index in [0.717, 1.165) is 6.42 Å². The second kappa shape index (κ2) is 6.69. The number of nitro groups is 1. The molecule has 0 amide bonds. The van der Waals surface area contributed by atoms with Crippen molar-refractivity contribution in [3.63, 3.8) is 0 Å². The summed E-state index contributed by atoms with van der Waals surface area (Å²) in [5, 5.41) is 22.7. The molecular weight excluding hydrogens is 262 g/mol. The number of hydrogen-bond donors (Lipinski definition) is 2. The van der Waals surface area contributed by atoms with Crippen molar-refractivity contribution in [2.45, 2.75) is 33.2 Å². The summed E-state index contributed by atoms with van der Waals surface area (Å²) in [6.45, 7) is 6.50. The number of nitrogens with two attached hydrogens (primary N) is 1. The first kappa shape index (κ1) is 15.7. The minimum Gasteiger partial charge on any atom is -0.409 e. The number of hydrogen-bond acceptors (Lipinski definition) is 6. The number of rotatable bonds is 6. The van der Waals surface area contributed by atoms with Gasteiger partial charge in [0.2, 0.25) is 5.82 Å². The summed E-state index contributed by atoms with van der Waals surface area (Å²) in [7, 11) is 0. The van der Waals surface area contributed by atoms with Crippen LogP contribution in [0, 0.1) is 10.1 Å². The van der Waals surface area contributed by atoms with Crippen molar-refractivity contribution in [2.24, 2.45) is 10.9 Å². The number of aromatic nitrogens is 1. The molecular formula is C12H19N5O3. The van der Waals surface area contributed by atoms with E-state index in [-0.39, 0.29) is 23.1 Å². The highest BCUT2D eigenvalue weighted by atomic mass is 16.6. The molecule has 0 saturated heterocycles. The average molecular weight is 281 g/mol. The Balaban J connectivity index is 3.36. The topological polar surface area (TPSA) is 118 Å². The van der Waals surface area contributed by atoms with Crippen molar-refractivity contribution in [1.82, 2.24) is 4.98 Å². The summed E-state index contributed by atoms with van der Waals surface area (Å²) in [6.07, 6.45) is 2.21. The Morgan fingerprint density at radius 1 is 1.65 bits per heavy atom. The van der Waals surface area contributed by atoms with Crippen molar-refractivity contribution >= 4 is 17.3 Å². The van der Waals surface area contributed by atoms with Crippen LogP contribution >= 0.6 is 0 Å². The van der Waals surface area contributed by atoms with Crippen molar-refractivity contribution in [2.75, 3.05) is 11.4 Å². The van der Waals surface area contributed by atoms with E-state index >= 15 is 0 Å². The van der Waals surface area contributed by atoms with Crippen LogP contribution in [0.15, 0.2) is 17.4 Å². The van der Waals surface area contributed by atoms with Gasteiger partial charge in [0.15, 0.2) is 5.84 Å². The standard InChI is InChI=1S/C12H19N5O3/c1-4-8(3)16(5-2)12-10(17(19)20)6-9(7-14-12)11(13)15-18/h6-8,18H,4-5H2,1-3H3,(H2,13,15). The normalized spacial score (nSPS) is 13.1. The molecule has 1 unspecified atom stereocenters. The molecule has 0 radical (unpaired) electrons. The van der Waals surface area contributed by atoms with Gasteiger partial charge >= 0.3 is 5.69 Å². The SMILES string of the molecule is CCC(C)N(CC)c1ncc(C(N)=NO)cc1[N+](=O)[O-]. The highest BCUT2D eigenvalue weighted by molar-refractivity contribution is 5.97. The van der Waals surface area contributed by atoms with Crippen LogP contribution in [0.2, 0.25) is 0 Å². The van der Waals surface area contributed by atoms with Gasteiger partial charge in [-0.25, -0.2) is 4.98 Å². The summed E-state index contributed by atoms with van der Waals surface area (Å²) in [4.78, 5) is 16.7. The molecule has 3 N–H and O–H groups in total. The van der Waals surface area contributed by atoms with E-state index in [1.165, 1.54) is 12.3 Å². The van der Waals surface area contributed by atoms with E-state index in [4.69, 9.17) is 10.9 Å². The van der Waals surface area contributed by atoms with E-state index in [1.54, 1.807) is 0 Å². The molecule has 110 valence electrons.